The molecule has 1 aromatic heterocycles. The first-order chi connectivity index (χ1) is 16.6. The molecule has 0 spiro atoms. The van der Waals surface area contributed by atoms with Crippen molar-refractivity contribution < 1.29 is 9.32 Å². The Morgan fingerprint density at radius 3 is 2.06 bits per heavy atom. The molecular formula is C27H19Br2N3O2. The van der Waals surface area contributed by atoms with Crippen LogP contribution in [-0.4, -0.2) is 22.4 Å². The Morgan fingerprint density at radius 2 is 1.38 bits per heavy atom. The summed E-state index contributed by atoms with van der Waals surface area (Å²) in [5.41, 5.74) is 4.52. The SMILES string of the molecule is O=C1CC(c2cc(-c3ccccc3)no2)C/C(c2ccc(Br)cc2)=N\N=C/1c1ccc(Br)cc1. The second-order valence-corrected chi connectivity index (χ2v) is 9.85. The number of Topliss-reactive ketones (excluding diaryl/α,β-unsaturated/α-hetero) is 1. The third-order valence-electron chi connectivity index (χ3n) is 5.70. The number of carbonyl (C=O) groups excluding carboxylic acids is 1. The molecule has 0 saturated carbocycles. The van der Waals surface area contributed by atoms with Crippen molar-refractivity contribution in [2.75, 3.05) is 0 Å². The lowest BCUT2D eigenvalue weighted by atomic mass is 9.88. The molecule has 0 radical (unpaired) electrons. The zero-order valence-corrected chi connectivity index (χ0v) is 21.2. The average Bonchev–Trinajstić information content (AvgIpc) is 3.34. The number of ketones is 1. The first-order valence-electron chi connectivity index (χ1n) is 10.8. The maximum absolute atomic E-state index is 13.3. The van der Waals surface area contributed by atoms with Crippen LogP contribution in [0.25, 0.3) is 11.3 Å². The summed E-state index contributed by atoms with van der Waals surface area (Å²) in [4.78, 5) is 13.3. The van der Waals surface area contributed by atoms with Gasteiger partial charge in [-0.3, -0.25) is 4.79 Å². The van der Waals surface area contributed by atoms with Crippen LogP contribution in [0.3, 0.4) is 0 Å². The number of hydrogen-bond acceptors (Lipinski definition) is 5. The molecular weight excluding hydrogens is 558 g/mol. The number of rotatable bonds is 4. The molecule has 34 heavy (non-hydrogen) atoms. The fraction of sp³-hybridized carbons (Fsp3) is 0.111. The topological polar surface area (TPSA) is 67.8 Å². The second-order valence-electron chi connectivity index (χ2n) is 8.02. The minimum atomic E-state index is -0.221. The molecule has 0 aliphatic carbocycles. The highest BCUT2D eigenvalue weighted by Crippen LogP contribution is 2.31. The third-order valence-corrected chi connectivity index (χ3v) is 6.76. The number of nitrogens with zero attached hydrogens (tertiary/aromatic N) is 3. The van der Waals surface area contributed by atoms with Crippen molar-refractivity contribution in [2.24, 2.45) is 10.2 Å². The van der Waals surface area contributed by atoms with E-state index < -0.39 is 0 Å². The van der Waals surface area contributed by atoms with E-state index in [1.54, 1.807) is 0 Å². The van der Waals surface area contributed by atoms with Gasteiger partial charge < -0.3 is 4.52 Å². The summed E-state index contributed by atoms with van der Waals surface area (Å²) in [7, 11) is 0. The van der Waals surface area contributed by atoms with E-state index in [1.165, 1.54) is 0 Å². The van der Waals surface area contributed by atoms with Gasteiger partial charge in [0.25, 0.3) is 0 Å². The summed E-state index contributed by atoms with van der Waals surface area (Å²) >= 11 is 6.93. The highest BCUT2D eigenvalue weighted by molar-refractivity contribution is 9.10. The third kappa shape index (κ3) is 5.00. The van der Waals surface area contributed by atoms with Crippen LogP contribution < -0.4 is 0 Å². The zero-order valence-electron chi connectivity index (χ0n) is 18.0. The largest absolute Gasteiger partial charge is 0.360 e. The number of aromatic nitrogens is 1. The first kappa shape index (κ1) is 22.6. The normalized spacial score (nSPS) is 19.5. The van der Waals surface area contributed by atoms with Crippen LogP contribution in [0.1, 0.15) is 35.6 Å². The van der Waals surface area contributed by atoms with Crippen LogP contribution in [0.4, 0.5) is 0 Å². The highest BCUT2D eigenvalue weighted by Gasteiger charge is 2.28. The fourth-order valence-electron chi connectivity index (χ4n) is 3.91. The molecule has 2 heterocycles. The Balaban J connectivity index is 1.55. The standard InChI is InChI=1S/C27H19Br2N3O2/c28-21-10-6-18(7-11-21)23-14-20(26-16-24(32-34-26)17-4-2-1-3-5-17)15-25(33)27(31-30-23)19-8-12-22(29)13-9-19/h1-13,16,20H,14-15H2/b30-23+,31-27-. The van der Waals surface area contributed by atoms with E-state index in [9.17, 15) is 4.79 Å². The molecule has 4 aromatic rings. The van der Waals surface area contributed by atoms with Crippen molar-refractivity contribution in [1.29, 1.82) is 0 Å². The summed E-state index contributed by atoms with van der Waals surface area (Å²) in [6.45, 7) is 0. The number of hydrogen-bond donors (Lipinski definition) is 0. The van der Waals surface area contributed by atoms with E-state index in [0.29, 0.717) is 17.9 Å². The number of halogens is 2. The minimum Gasteiger partial charge on any atom is -0.360 e. The molecule has 0 bridgehead atoms. The molecule has 5 nitrogen and oxygen atoms in total. The Bertz CT molecular complexity index is 1380. The molecule has 1 atom stereocenters. The van der Waals surface area contributed by atoms with Gasteiger partial charge >= 0.3 is 0 Å². The van der Waals surface area contributed by atoms with Crippen molar-refractivity contribution in [3.8, 4) is 11.3 Å². The lowest BCUT2D eigenvalue weighted by Gasteiger charge is -2.18. The second kappa shape index (κ2) is 9.99. The van der Waals surface area contributed by atoms with Crippen LogP contribution in [0.2, 0.25) is 0 Å². The molecule has 168 valence electrons. The van der Waals surface area contributed by atoms with Gasteiger partial charge in [0.05, 0.1) is 5.71 Å². The van der Waals surface area contributed by atoms with Crippen LogP contribution in [0.5, 0.6) is 0 Å². The smallest absolute Gasteiger partial charge is 0.184 e. The quantitative estimate of drug-likeness (QED) is 0.258. The van der Waals surface area contributed by atoms with Gasteiger partial charge in [-0.2, -0.15) is 5.10 Å². The molecule has 0 N–H and O–H groups in total. The molecule has 1 aliphatic rings. The van der Waals surface area contributed by atoms with E-state index in [-0.39, 0.29) is 18.1 Å². The molecule has 7 heteroatoms. The van der Waals surface area contributed by atoms with Crippen molar-refractivity contribution in [3.63, 3.8) is 0 Å². The van der Waals surface area contributed by atoms with Gasteiger partial charge in [0.1, 0.15) is 17.2 Å². The van der Waals surface area contributed by atoms with Gasteiger partial charge in [-0.25, -0.2) is 0 Å². The van der Waals surface area contributed by atoms with E-state index in [1.807, 2.05) is 84.9 Å². The molecule has 5 rings (SSSR count). The van der Waals surface area contributed by atoms with Gasteiger partial charge in [-0.15, -0.1) is 5.10 Å². The Labute approximate surface area is 213 Å². The highest BCUT2D eigenvalue weighted by atomic mass is 79.9. The number of carbonyl (C=O) groups is 1. The van der Waals surface area contributed by atoms with E-state index >= 15 is 0 Å². The maximum atomic E-state index is 13.3. The number of benzene rings is 3. The van der Waals surface area contributed by atoms with Crippen LogP contribution in [0.15, 0.2) is 109 Å². The summed E-state index contributed by atoms with van der Waals surface area (Å²) in [5.74, 6) is 0.360. The zero-order chi connectivity index (χ0) is 23.5. The lowest BCUT2D eigenvalue weighted by molar-refractivity contribution is -0.113. The van der Waals surface area contributed by atoms with Gasteiger partial charge in [0, 0.05) is 44.9 Å². The molecule has 1 unspecified atom stereocenters. The van der Waals surface area contributed by atoms with Crippen LogP contribution in [-0.2, 0) is 4.79 Å². The lowest BCUT2D eigenvalue weighted by Crippen LogP contribution is -2.22. The van der Waals surface area contributed by atoms with Crippen molar-refractivity contribution in [2.45, 2.75) is 18.8 Å². The predicted octanol–water partition coefficient (Wildman–Crippen LogP) is 7.21. The molecule has 0 fully saturated rings. The van der Waals surface area contributed by atoms with Gasteiger partial charge in [-0.05, 0) is 29.8 Å². The molecule has 1 aliphatic heterocycles. The van der Waals surface area contributed by atoms with E-state index in [4.69, 9.17) is 4.52 Å². The Hall–Kier alpha value is -3.16. The van der Waals surface area contributed by atoms with Crippen molar-refractivity contribution in [1.82, 2.24) is 5.16 Å². The monoisotopic (exact) mass is 575 g/mol. The summed E-state index contributed by atoms with van der Waals surface area (Å²) in [5, 5.41) is 13.2. The minimum absolute atomic E-state index is 0.0800. The summed E-state index contributed by atoms with van der Waals surface area (Å²) in [6, 6.07) is 27.2. The Morgan fingerprint density at radius 1 is 0.735 bits per heavy atom. The first-order valence-corrected chi connectivity index (χ1v) is 12.4. The molecule has 0 amide bonds. The van der Waals surface area contributed by atoms with Gasteiger partial charge in [0.2, 0.25) is 0 Å². The predicted molar refractivity (Wildman–Crippen MR) is 140 cm³/mol. The maximum Gasteiger partial charge on any atom is 0.184 e. The molecule has 0 saturated heterocycles. The van der Waals surface area contributed by atoms with Crippen molar-refractivity contribution in [3.05, 3.63) is 111 Å². The average molecular weight is 577 g/mol. The van der Waals surface area contributed by atoms with E-state index in [2.05, 4.69) is 47.2 Å². The molecule has 3 aromatic carbocycles. The van der Waals surface area contributed by atoms with Crippen LogP contribution >= 0.6 is 31.9 Å². The fourth-order valence-corrected chi connectivity index (χ4v) is 4.43. The summed E-state index contributed by atoms with van der Waals surface area (Å²) < 4.78 is 7.67. The van der Waals surface area contributed by atoms with Crippen LogP contribution in [0, 0.1) is 0 Å². The van der Waals surface area contributed by atoms with Crippen molar-refractivity contribution >= 4 is 49.1 Å². The van der Waals surface area contributed by atoms with Gasteiger partial charge in [-0.1, -0.05) is 91.6 Å². The van der Waals surface area contributed by atoms with E-state index in [0.717, 1.165) is 37.0 Å². The Kier molecular flexibility index (Phi) is 6.65. The summed E-state index contributed by atoms with van der Waals surface area (Å²) in [6.07, 6.45) is 0.752. The van der Waals surface area contributed by atoms with Gasteiger partial charge in [0.15, 0.2) is 5.78 Å².